The summed E-state index contributed by atoms with van der Waals surface area (Å²) < 4.78 is 0. The topological polar surface area (TPSA) is 66.6 Å². The molecule has 1 aromatic carbocycles. The van der Waals surface area contributed by atoms with Gasteiger partial charge in [-0.2, -0.15) is 0 Å². The minimum Gasteiger partial charge on any atom is -0.506 e. The summed E-state index contributed by atoms with van der Waals surface area (Å²) in [6.45, 7) is 0.772. The molecule has 0 bridgehead atoms. The van der Waals surface area contributed by atoms with E-state index in [0.717, 1.165) is 18.5 Å². The van der Waals surface area contributed by atoms with Crippen molar-refractivity contribution < 1.29 is 9.90 Å². The molecular formula is C12H16N2O2. The number of aromatic hydroxyl groups is 1. The molecule has 86 valence electrons. The van der Waals surface area contributed by atoms with Crippen molar-refractivity contribution in [2.75, 3.05) is 19.3 Å². The molecule has 1 saturated heterocycles. The van der Waals surface area contributed by atoms with Crippen LogP contribution in [0.4, 0.5) is 5.69 Å². The van der Waals surface area contributed by atoms with E-state index in [4.69, 9.17) is 5.73 Å². The second-order valence-electron chi connectivity index (χ2n) is 4.32. The molecule has 1 atom stereocenters. The van der Waals surface area contributed by atoms with Gasteiger partial charge in [0.15, 0.2) is 0 Å². The maximum Gasteiger partial charge on any atom is 0.222 e. The molecule has 0 spiro atoms. The lowest BCUT2D eigenvalue weighted by Crippen LogP contribution is -2.34. The zero-order chi connectivity index (χ0) is 11.7. The molecule has 1 aliphatic heterocycles. The highest BCUT2D eigenvalue weighted by molar-refractivity contribution is 5.77. The van der Waals surface area contributed by atoms with Crippen molar-refractivity contribution in [1.82, 2.24) is 4.90 Å². The molecule has 0 radical (unpaired) electrons. The Balaban J connectivity index is 2.18. The zero-order valence-electron chi connectivity index (χ0n) is 9.31. The summed E-state index contributed by atoms with van der Waals surface area (Å²) in [6.07, 6.45) is 1.45. The van der Waals surface area contributed by atoms with Crippen LogP contribution in [-0.2, 0) is 4.79 Å². The van der Waals surface area contributed by atoms with E-state index >= 15 is 0 Å². The van der Waals surface area contributed by atoms with Gasteiger partial charge >= 0.3 is 0 Å². The highest BCUT2D eigenvalue weighted by Crippen LogP contribution is 2.32. The third kappa shape index (κ3) is 1.96. The number of carbonyl (C=O) groups excluding carboxylic acids is 1. The Labute approximate surface area is 94.7 Å². The van der Waals surface area contributed by atoms with Gasteiger partial charge in [-0.1, -0.05) is 6.07 Å². The molecule has 3 N–H and O–H groups in total. The summed E-state index contributed by atoms with van der Waals surface area (Å²) in [5.41, 5.74) is 6.91. The first-order chi connectivity index (χ1) is 7.58. The summed E-state index contributed by atoms with van der Waals surface area (Å²) >= 11 is 0. The first kappa shape index (κ1) is 10.8. The molecular weight excluding hydrogens is 204 g/mol. The maximum absolute atomic E-state index is 11.6. The molecule has 1 aromatic rings. The van der Waals surface area contributed by atoms with Crippen molar-refractivity contribution in [3.63, 3.8) is 0 Å². The smallest absolute Gasteiger partial charge is 0.222 e. The summed E-state index contributed by atoms with van der Waals surface area (Å²) in [5, 5.41) is 9.53. The van der Waals surface area contributed by atoms with E-state index in [0.29, 0.717) is 12.1 Å². The highest BCUT2D eigenvalue weighted by atomic mass is 16.3. The fourth-order valence-electron chi connectivity index (χ4n) is 2.04. The van der Waals surface area contributed by atoms with Gasteiger partial charge in [0.2, 0.25) is 5.91 Å². The van der Waals surface area contributed by atoms with E-state index in [9.17, 15) is 9.90 Å². The Kier molecular flexibility index (Phi) is 2.73. The molecule has 4 nitrogen and oxygen atoms in total. The van der Waals surface area contributed by atoms with Crippen LogP contribution in [0.15, 0.2) is 18.2 Å². The summed E-state index contributed by atoms with van der Waals surface area (Å²) in [4.78, 5) is 13.3. The third-order valence-corrected chi connectivity index (χ3v) is 3.19. The number of phenolic OH excluding ortho intramolecular Hbond substituents is 1. The first-order valence-electron chi connectivity index (χ1n) is 5.40. The van der Waals surface area contributed by atoms with Gasteiger partial charge in [0.25, 0.3) is 0 Å². The number of benzene rings is 1. The van der Waals surface area contributed by atoms with Gasteiger partial charge in [0, 0.05) is 20.0 Å². The second kappa shape index (κ2) is 4.04. The molecule has 1 fully saturated rings. The average molecular weight is 220 g/mol. The van der Waals surface area contributed by atoms with Crippen LogP contribution in [0.3, 0.4) is 0 Å². The minimum absolute atomic E-state index is 0.101. The van der Waals surface area contributed by atoms with Gasteiger partial charge in [0.05, 0.1) is 5.69 Å². The highest BCUT2D eigenvalue weighted by Gasteiger charge is 2.24. The van der Waals surface area contributed by atoms with Crippen LogP contribution < -0.4 is 5.73 Å². The van der Waals surface area contributed by atoms with E-state index in [1.54, 1.807) is 17.0 Å². The van der Waals surface area contributed by atoms with E-state index < -0.39 is 0 Å². The number of piperidine rings is 1. The van der Waals surface area contributed by atoms with Crippen molar-refractivity contribution in [3.8, 4) is 5.75 Å². The molecule has 1 amide bonds. The SMILES string of the molecule is CN1CCC(c2ccc(N)c(O)c2)CC1=O. The van der Waals surface area contributed by atoms with E-state index in [-0.39, 0.29) is 17.6 Å². The van der Waals surface area contributed by atoms with Crippen molar-refractivity contribution in [1.29, 1.82) is 0 Å². The standard InChI is InChI=1S/C12H16N2O2/c1-14-5-4-9(7-12(14)16)8-2-3-10(13)11(15)6-8/h2-3,6,9,15H,4-5,7,13H2,1H3. The lowest BCUT2D eigenvalue weighted by atomic mass is 9.89. The number of likely N-dealkylation sites (tertiary alicyclic amines) is 1. The number of nitrogen functional groups attached to an aromatic ring is 1. The van der Waals surface area contributed by atoms with Crippen LogP contribution in [0.5, 0.6) is 5.75 Å². The summed E-state index contributed by atoms with van der Waals surface area (Å²) in [6, 6.07) is 5.24. The molecule has 16 heavy (non-hydrogen) atoms. The van der Waals surface area contributed by atoms with Gasteiger partial charge in [-0.3, -0.25) is 4.79 Å². The molecule has 1 aliphatic rings. The Hall–Kier alpha value is -1.71. The van der Waals surface area contributed by atoms with Crippen molar-refractivity contribution >= 4 is 11.6 Å². The lowest BCUT2D eigenvalue weighted by Gasteiger charge is -2.29. The second-order valence-corrected chi connectivity index (χ2v) is 4.32. The van der Waals surface area contributed by atoms with E-state index in [1.165, 1.54) is 0 Å². The molecule has 2 rings (SSSR count). The number of amides is 1. The molecule has 4 heteroatoms. The molecule has 1 unspecified atom stereocenters. The van der Waals surface area contributed by atoms with Gasteiger partial charge in [-0.15, -0.1) is 0 Å². The summed E-state index contributed by atoms with van der Waals surface area (Å²) in [5.74, 6) is 0.464. The van der Waals surface area contributed by atoms with Crippen molar-refractivity contribution in [2.45, 2.75) is 18.8 Å². The Morgan fingerprint density at radius 3 is 2.88 bits per heavy atom. The van der Waals surface area contributed by atoms with Crippen LogP contribution in [-0.4, -0.2) is 29.5 Å². The van der Waals surface area contributed by atoms with Crippen LogP contribution in [0.25, 0.3) is 0 Å². The van der Waals surface area contributed by atoms with Crippen molar-refractivity contribution in [3.05, 3.63) is 23.8 Å². The van der Waals surface area contributed by atoms with Crippen LogP contribution in [0.1, 0.15) is 24.3 Å². The lowest BCUT2D eigenvalue weighted by molar-refractivity contribution is -0.132. The monoisotopic (exact) mass is 220 g/mol. The van der Waals surface area contributed by atoms with E-state index in [1.807, 2.05) is 13.1 Å². The number of hydrogen-bond acceptors (Lipinski definition) is 3. The number of hydrogen-bond donors (Lipinski definition) is 2. The molecule has 1 heterocycles. The normalized spacial score (nSPS) is 21.2. The van der Waals surface area contributed by atoms with Gasteiger partial charge < -0.3 is 15.7 Å². The predicted molar refractivity (Wildman–Crippen MR) is 62.1 cm³/mol. The zero-order valence-corrected chi connectivity index (χ0v) is 9.31. The van der Waals surface area contributed by atoms with E-state index in [2.05, 4.69) is 0 Å². The van der Waals surface area contributed by atoms with Crippen molar-refractivity contribution in [2.24, 2.45) is 0 Å². The summed E-state index contributed by atoms with van der Waals surface area (Å²) in [7, 11) is 1.82. The average Bonchev–Trinajstić information content (AvgIpc) is 2.26. The number of nitrogens with two attached hydrogens (primary N) is 1. The van der Waals surface area contributed by atoms with Crippen LogP contribution >= 0.6 is 0 Å². The van der Waals surface area contributed by atoms with Crippen LogP contribution in [0, 0.1) is 0 Å². The fraction of sp³-hybridized carbons (Fsp3) is 0.417. The molecule has 0 saturated carbocycles. The third-order valence-electron chi connectivity index (χ3n) is 3.19. The number of rotatable bonds is 1. The number of anilines is 1. The molecule has 0 aliphatic carbocycles. The number of nitrogens with zero attached hydrogens (tertiary/aromatic N) is 1. The predicted octanol–water partition coefficient (Wildman–Crippen LogP) is 1.31. The van der Waals surface area contributed by atoms with Crippen LogP contribution in [0.2, 0.25) is 0 Å². The Morgan fingerprint density at radius 2 is 2.25 bits per heavy atom. The minimum atomic E-state index is 0.101. The van der Waals surface area contributed by atoms with Gasteiger partial charge in [-0.05, 0) is 30.0 Å². The fourth-order valence-corrected chi connectivity index (χ4v) is 2.04. The van der Waals surface area contributed by atoms with Gasteiger partial charge in [0.1, 0.15) is 5.75 Å². The first-order valence-corrected chi connectivity index (χ1v) is 5.40. The Morgan fingerprint density at radius 1 is 1.50 bits per heavy atom. The Bertz CT molecular complexity index is 417. The molecule has 0 aromatic heterocycles. The number of carbonyl (C=O) groups is 1. The maximum atomic E-state index is 11.6. The number of phenols is 1. The van der Waals surface area contributed by atoms with Gasteiger partial charge in [-0.25, -0.2) is 0 Å². The largest absolute Gasteiger partial charge is 0.506 e. The quantitative estimate of drug-likeness (QED) is 0.554.